The monoisotopic (exact) mass is 317 g/mol. The highest BCUT2D eigenvalue weighted by atomic mass is 79.9. The van der Waals surface area contributed by atoms with Gasteiger partial charge in [0.1, 0.15) is 17.5 Å². The fourth-order valence-corrected chi connectivity index (χ4v) is 2.24. The molecule has 0 radical (unpaired) electrons. The Morgan fingerprint density at radius 2 is 2.05 bits per heavy atom. The lowest BCUT2D eigenvalue weighted by molar-refractivity contribution is 1.12. The average molecular weight is 318 g/mol. The molecule has 96 valence electrons. The number of aryl methyl sites for hydroxylation is 1. The van der Waals surface area contributed by atoms with E-state index in [2.05, 4.69) is 25.9 Å². The molecule has 1 aromatic carbocycles. The number of rotatable bonds is 2. The highest BCUT2D eigenvalue weighted by Gasteiger charge is 2.15. The molecule has 1 aromatic heterocycles. The van der Waals surface area contributed by atoms with Crippen molar-refractivity contribution in [2.75, 3.05) is 11.5 Å². The second-order valence-corrected chi connectivity index (χ2v) is 4.87. The fraction of sp³-hybridized carbons (Fsp3) is 0.154. The maximum atomic E-state index is 9.22. The van der Waals surface area contributed by atoms with Gasteiger partial charge in [0.15, 0.2) is 0 Å². The van der Waals surface area contributed by atoms with Crippen LogP contribution in [0.4, 0.5) is 11.8 Å². The first kappa shape index (κ1) is 13.3. The second kappa shape index (κ2) is 5.24. The van der Waals surface area contributed by atoms with E-state index in [1.54, 1.807) is 0 Å². The summed E-state index contributed by atoms with van der Waals surface area (Å²) in [6, 6.07) is 7.87. The van der Waals surface area contributed by atoms with Crippen LogP contribution in [0.25, 0.3) is 11.3 Å². The summed E-state index contributed by atoms with van der Waals surface area (Å²) in [5.41, 5.74) is 14.0. The van der Waals surface area contributed by atoms with Crippen LogP contribution >= 0.6 is 15.9 Å². The van der Waals surface area contributed by atoms with E-state index < -0.39 is 0 Å². The van der Waals surface area contributed by atoms with Crippen LogP contribution < -0.4 is 11.5 Å². The van der Waals surface area contributed by atoms with Gasteiger partial charge in [-0.1, -0.05) is 28.9 Å². The lowest BCUT2D eigenvalue weighted by Gasteiger charge is -2.11. The SMILES string of the molecule is CCc1ccc(Br)cc1-c1nc(N)nc(N)c1C#N. The molecule has 1 heterocycles. The third kappa shape index (κ3) is 2.51. The molecule has 0 aliphatic heterocycles. The van der Waals surface area contributed by atoms with Gasteiger partial charge in [-0.2, -0.15) is 10.2 Å². The number of nitriles is 1. The Bertz CT molecular complexity index is 675. The highest BCUT2D eigenvalue weighted by molar-refractivity contribution is 9.10. The highest BCUT2D eigenvalue weighted by Crippen LogP contribution is 2.30. The Kier molecular flexibility index (Phi) is 3.67. The van der Waals surface area contributed by atoms with E-state index in [9.17, 15) is 5.26 Å². The van der Waals surface area contributed by atoms with E-state index in [1.807, 2.05) is 31.2 Å². The molecule has 0 aliphatic rings. The lowest BCUT2D eigenvalue weighted by Crippen LogP contribution is -2.05. The van der Waals surface area contributed by atoms with E-state index >= 15 is 0 Å². The minimum Gasteiger partial charge on any atom is -0.382 e. The van der Waals surface area contributed by atoms with Gasteiger partial charge in [-0.15, -0.1) is 0 Å². The molecule has 6 heteroatoms. The Balaban J connectivity index is 2.78. The van der Waals surface area contributed by atoms with Crippen molar-refractivity contribution in [1.29, 1.82) is 5.26 Å². The Morgan fingerprint density at radius 3 is 2.68 bits per heavy atom. The molecular weight excluding hydrogens is 306 g/mol. The normalized spacial score (nSPS) is 10.2. The summed E-state index contributed by atoms with van der Waals surface area (Å²) in [7, 11) is 0. The van der Waals surface area contributed by atoms with E-state index in [0.29, 0.717) is 5.69 Å². The molecule has 0 spiro atoms. The number of nitrogens with zero attached hydrogens (tertiary/aromatic N) is 3. The minimum atomic E-state index is 0.0635. The summed E-state index contributed by atoms with van der Waals surface area (Å²) < 4.78 is 0.902. The fourth-order valence-electron chi connectivity index (χ4n) is 1.88. The van der Waals surface area contributed by atoms with Gasteiger partial charge in [-0.3, -0.25) is 0 Å². The molecule has 0 amide bonds. The van der Waals surface area contributed by atoms with Gasteiger partial charge in [0.2, 0.25) is 5.95 Å². The molecule has 0 bridgehead atoms. The number of anilines is 2. The lowest BCUT2D eigenvalue weighted by atomic mass is 9.99. The van der Waals surface area contributed by atoms with E-state index in [0.717, 1.165) is 22.0 Å². The first-order valence-corrected chi connectivity index (χ1v) is 6.48. The van der Waals surface area contributed by atoms with Crippen molar-refractivity contribution in [2.45, 2.75) is 13.3 Å². The molecule has 0 aliphatic carbocycles. The van der Waals surface area contributed by atoms with E-state index in [-0.39, 0.29) is 17.3 Å². The third-order valence-electron chi connectivity index (χ3n) is 2.77. The molecule has 0 saturated heterocycles. The van der Waals surface area contributed by atoms with Crippen LogP contribution in [0.1, 0.15) is 18.1 Å². The maximum Gasteiger partial charge on any atom is 0.222 e. The summed E-state index contributed by atoms with van der Waals surface area (Å²) in [5, 5.41) is 9.22. The quantitative estimate of drug-likeness (QED) is 0.886. The largest absolute Gasteiger partial charge is 0.382 e. The van der Waals surface area contributed by atoms with E-state index in [1.165, 1.54) is 0 Å². The van der Waals surface area contributed by atoms with Crippen LogP contribution in [0, 0.1) is 11.3 Å². The first-order valence-electron chi connectivity index (χ1n) is 5.68. The van der Waals surface area contributed by atoms with Gasteiger partial charge < -0.3 is 11.5 Å². The Labute approximate surface area is 119 Å². The predicted molar refractivity (Wildman–Crippen MR) is 78.1 cm³/mol. The zero-order valence-electron chi connectivity index (χ0n) is 10.3. The van der Waals surface area contributed by atoms with Crippen LogP contribution in [-0.2, 0) is 6.42 Å². The number of nitrogen functional groups attached to an aromatic ring is 2. The predicted octanol–water partition coefficient (Wildman–Crippen LogP) is 2.50. The molecule has 0 atom stereocenters. The van der Waals surface area contributed by atoms with Gasteiger partial charge in [-0.25, -0.2) is 4.98 Å². The Hall–Kier alpha value is -2.13. The maximum absolute atomic E-state index is 9.22. The van der Waals surface area contributed by atoms with E-state index in [4.69, 9.17) is 11.5 Å². The number of hydrogen-bond acceptors (Lipinski definition) is 5. The van der Waals surface area contributed by atoms with Gasteiger partial charge in [-0.05, 0) is 24.1 Å². The topological polar surface area (TPSA) is 102 Å². The van der Waals surface area contributed by atoms with Crippen LogP contribution in [0.2, 0.25) is 0 Å². The van der Waals surface area contributed by atoms with Crippen molar-refractivity contribution in [3.8, 4) is 17.3 Å². The molecule has 2 rings (SSSR count). The standard InChI is InChI=1S/C13H12BrN5/c1-2-7-3-4-8(14)5-9(7)11-10(6-15)12(16)19-13(17)18-11/h3-5H,2H2,1H3,(H4,16,17,18,19). The summed E-state index contributed by atoms with van der Waals surface area (Å²) in [4.78, 5) is 7.99. The van der Waals surface area contributed by atoms with Crippen molar-refractivity contribution in [2.24, 2.45) is 0 Å². The van der Waals surface area contributed by atoms with Crippen LogP contribution in [0.5, 0.6) is 0 Å². The average Bonchev–Trinajstić information content (AvgIpc) is 2.37. The zero-order valence-corrected chi connectivity index (χ0v) is 11.9. The van der Waals surface area contributed by atoms with Gasteiger partial charge in [0.25, 0.3) is 0 Å². The van der Waals surface area contributed by atoms with Crippen molar-refractivity contribution < 1.29 is 0 Å². The van der Waals surface area contributed by atoms with Gasteiger partial charge in [0, 0.05) is 10.0 Å². The van der Waals surface area contributed by atoms with Gasteiger partial charge >= 0.3 is 0 Å². The second-order valence-electron chi connectivity index (χ2n) is 3.96. The summed E-state index contributed by atoms with van der Waals surface area (Å²) in [5.74, 6) is 0.167. The zero-order chi connectivity index (χ0) is 14.0. The third-order valence-corrected chi connectivity index (χ3v) is 3.27. The van der Waals surface area contributed by atoms with Crippen molar-refractivity contribution in [3.05, 3.63) is 33.8 Å². The molecule has 0 fully saturated rings. The van der Waals surface area contributed by atoms with Crippen molar-refractivity contribution in [1.82, 2.24) is 9.97 Å². The summed E-state index contributed by atoms with van der Waals surface area (Å²) in [6.45, 7) is 2.03. The van der Waals surface area contributed by atoms with Crippen molar-refractivity contribution in [3.63, 3.8) is 0 Å². The Morgan fingerprint density at radius 1 is 1.32 bits per heavy atom. The smallest absolute Gasteiger partial charge is 0.222 e. The summed E-state index contributed by atoms with van der Waals surface area (Å²) >= 11 is 3.42. The molecule has 0 saturated carbocycles. The minimum absolute atomic E-state index is 0.0635. The molecular formula is C13H12BrN5. The number of nitrogens with two attached hydrogens (primary N) is 2. The number of halogens is 1. The molecule has 5 nitrogen and oxygen atoms in total. The van der Waals surface area contributed by atoms with Crippen LogP contribution in [-0.4, -0.2) is 9.97 Å². The molecule has 2 aromatic rings. The first-order chi connectivity index (χ1) is 9.06. The molecule has 19 heavy (non-hydrogen) atoms. The van der Waals surface area contributed by atoms with Crippen molar-refractivity contribution >= 4 is 27.7 Å². The molecule has 0 unspecified atom stereocenters. The number of hydrogen-bond donors (Lipinski definition) is 2. The number of aromatic nitrogens is 2. The summed E-state index contributed by atoms with van der Waals surface area (Å²) in [6.07, 6.45) is 0.817. The van der Waals surface area contributed by atoms with Gasteiger partial charge in [0.05, 0.1) is 5.69 Å². The number of benzene rings is 1. The van der Waals surface area contributed by atoms with Crippen LogP contribution in [0.3, 0.4) is 0 Å². The van der Waals surface area contributed by atoms with Crippen LogP contribution in [0.15, 0.2) is 22.7 Å². The molecule has 4 N–H and O–H groups in total.